The fraction of sp³-hybridized carbons (Fsp3) is 0.292. The van der Waals surface area contributed by atoms with Crippen LogP contribution in [0.15, 0.2) is 60.7 Å². The third-order valence-corrected chi connectivity index (χ3v) is 6.35. The van der Waals surface area contributed by atoms with Gasteiger partial charge in [-0.25, -0.2) is 4.98 Å². The van der Waals surface area contributed by atoms with Crippen LogP contribution in [0.5, 0.6) is 0 Å². The van der Waals surface area contributed by atoms with Gasteiger partial charge in [0, 0.05) is 25.2 Å². The zero-order chi connectivity index (χ0) is 21.5. The molecule has 2 N–H and O–H groups in total. The van der Waals surface area contributed by atoms with Gasteiger partial charge in [0.25, 0.3) is 0 Å². The molecule has 0 saturated carbocycles. The molecule has 7 heteroatoms. The van der Waals surface area contributed by atoms with Crippen LogP contribution in [0.4, 0.5) is 5.13 Å². The highest BCUT2D eigenvalue weighted by Gasteiger charge is 2.27. The SMILES string of the molecule is N#CC1CCCN1C(=O)CNCCNc1nc(-c2ccccc2)c(-c2ccccc2)s1. The molecule has 0 aliphatic carbocycles. The number of rotatable bonds is 8. The number of nitrogens with zero attached hydrogens (tertiary/aromatic N) is 3. The summed E-state index contributed by atoms with van der Waals surface area (Å²) < 4.78 is 0. The molecule has 6 nitrogen and oxygen atoms in total. The minimum atomic E-state index is -0.268. The molecule has 2 aromatic carbocycles. The number of thiazole rings is 1. The zero-order valence-corrected chi connectivity index (χ0v) is 18.1. The topological polar surface area (TPSA) is 81.0 Å². The molecule has 2 heterocycles. The minimum absolute atomic E-state index is 0.00368. The molecule has 1 aliphatic rings. The monoisotopic (exact) mass is 431 g/mol. The number of carbonyl (C=O) groups excluding carboxylic acids is 1. The molecule has 158 valence electrons. The van der Waals surface area contributed by atoms with Gasteiger partial charge >= 0.3 is 0 Å². The van der Waals surface area contributed by atoms with E-state index in [-0.39, 0.29) is 18.5 Å². The van der Waals surface area contributed by atoms with Crippen molar-refractivity contribution in [2.45, 2.75) is 18.9 Å². The van der Waals surface area contributed by atoms with Crippen LogP contribution in [0.3, 0.4) is 0 Å². The summed E-state index contributed by atoms with van der Waals surface area (Å²) in [7, 11) is 0. The molecular formula is C24H25N5OS. The molecule has 1 saturated heterocycles. The van der Waals surface area contributed by atoms with E-state index < -0.39 is 0 Å². The number of benzene rings is 2. The van der Waals surface area contributed by atoms with Gasteiger partial charge in [0.2, 0.25) is 5.91 Å². The maximum Gasteiger partial charge on any atom is 0.237 e. The van der Waals surface area contributed by atoms with E-state index in [0.29, 0.717) is 19.6 Å². The quantitative estimate of drug-likeness (QED) is 0.527. The van der Waals surface area contributed by atoms with Gasteiger partial charge in [-0.3, -0.25) is 4.79 Å². The fourth-order valence-corrected chi connectivity index (χ4v) is 4.75. The summed E-state index contributed by atoms with van der Waals surface area (Å²) in [5.41, 5.74) is 3.21. The van der Waals surface area contributed by atoms with Crippen molar-refractivity contribution in [3.05, 3.63) is 60.7 Å². The van der Waals surface area contributed by atoms with Crippen molar-refractivity contribution in [2.24, 2.45) is 0 Å². The first-order chi connectivity index (χ1) is 15.3. The Morgan fingerprint density at radius 1 is 1.10 bits per heavy atom. The highest BCUT2D eigenvalue weighted by atomic mass is 32.1. The standard InChI is InChI=1S/C24H25N5OS/c25-16-20-12-7-15-29(20)21(30)17-26-13-14-27-24-28-22(18-8-3-1-4-9-18)23(31-24)19-10-5-2-6-11-19/h1-6,8-11,20,26H,7,12-15,17H2,(H,27,28). The molecule has 31 heavy (non-hydrogen) atoms. The Hall–Kier alpha value is -3.21. The first-order valence-electron chi connectivity index (χ1n) is 10.5. The van der Waals surface area contributed by atoms with E-state index in [9.17, 15) is 4.79 Å². The second-order valence-electron chi connectivity index (χ2n) is 7.41. The average molecular weight is 432 g/mol. The van der Waals surface area contributed by atoms with E-state index in [1.165, 1.54) is 0 Å². The summed E-state index contributed by atoms with van der Waals surface area (Å²) in [6.45, 7) is 2.23. The summed E-state index contributed by atoms with van der Waals surface area (Å²) in [5.74, 6) is -0.00368. The molecule has 0 radical (unpaired) electrons. The summed E-state index contributed by atoms with van der Waals surface area (Å²) >= 11 is 1.63. The average Bonchev–Trinajstić information content (AvgIpc) is 3.47. The van der Waals surface area contributed by atoms with Crippen molar-refractivity contribution >= 4 is 22.4 Å². The molecule has 1 aromatic heterocycles. The Kier molecular flexibility index (Phi) is 6.92. The lowest BCUT2D eigenvalue weighted by Crippen LogP contribution is -2.41. The van der Waals surface area contributed by atoms with E-state index in [1.807, 2.05) is 36.4 Å². The number of nitriles is 1. The van der Waals surface area contributed by atoms with Crippen LogP contribution in [0.2, 0.25) is 0 Å². The fourth-order valence-electron chi connectivity index (χ4n) is 3.73. The Bertz CT molecular complexity index is 988. The van der Waals surface area contributed by atoms with Crippen LogP contribution in [0, 0.1) is 11.3 Å². The molecule has 1 fully saturated rings. The number of hydrogen-bond donors (Lipinski definition) is 2. The predicted octanol–water partition coefficient (Wildman–Crippen LogP) is 3.99. The molecule has 1 atom stereocenters. The van der Waals surface area contributed by atoms with Gasteiger partial charge in [-0.1, -0.05) is 72.0 Å². The molecular weight excluding hydrogens is 406 g/mol. The van der Waals surface area contributed by atoms with E-state index in [1.54, 1.807) is 16.2 Å². The highest BCUT2D eigenvalue weighted by molar-refractivity contribution is 7.19. The number of amides is 1. The van der Waals surface area contributed by atoms with Gasteiger partial charge in [0.05, 0.1) is 23.2 Å². The number of nitrogens with one attached hydrogen (secondary N) is 2. The first kappa shape index (κ1) is 21.0. The van der Waals surface area contributed by atoms with Gasteiger partial charge < -0.3 is 15.5 Å². The van der Waals surface area contributed by atoms with Gasteiger partial charge in [0.1, 0.15) is 6.04 Å². The molecule has 1 amide bonds. The van der Waals surface area contributed by atoms with Gasteiger partial charge in [-0.2, -0.15) is 5.26 Å². The third-order valence-electron chi connectivity index (χ3n) is 5.29. The lowest BCUT2D eigenvalue weighted by molar-refractivity contribution is -0.130. The number of hydrogen-bond acceptors (Lipinski definition) is 6. The van der Waals surface area contributed by atoms with Crippen molar-refractivity contribution < 1.29 is 4.79 Å². The van der Waals surface area contributed by atoms with Crippen molar-refractivity contribution in [3.63, 3.8) is 0 Å². The molecule has 4 rings (SSSR count). The number of aromatic nitrogens is 1. The Morgan fingerprint density at radius 3 is 2.52 bits per heavy atom. The van der Waals surface area contributed by atoms with Gasteiger partial charge in [-0.15, -0.1) is 0 Å². The van der Waals surface area contributed by atoms with Crippen LogP contribution >= 0.6 is 11.3 Å². The summed E-state index contributed by atoms with van der Waals surface area (Å²) in [6.07, 6.45) is 1.68. The van der Waals surface area contributed by atoms with Crippen molar-refractivity contribution in [2.75, 3.05) is 31.5 Å². The lowest BCUT2D eigenvalue weighted by Gasteiger charge is -2.19. The van der Waals surface area contributed by atoms with Crippen LogP contribution in [-0.2, 0) is 4.79 Å². The summed E-state index contributed by atoms with van der Waals surface area (Å²) in [4.78, 5) is 19.9. The summed E-state index contributed by atoms with van der Waals surface area (Å²) in [5, 5.41) is 16.5. The van der Waals surface area contributed by atoms with Crippen LogP contribution in [-0.4, -0.2) is 48.0 Å². The number of likely N-dealkylation sites (tertiary alicyclic amines) is 1. The van der Waals surface area contributed by atoms with Crippen LogP contribution in [0.1, 0.15) is 12.8 Å². The molecule has 1 unspecified atom stereocenters. The molecule has 0 bridgehead atoms. The maximum absolute atomic E-state index is 12.3. The van der Waals surface area contributed by atoms with Crippen molar-refractivity contribution in [1.29, 1.82) is 5.26 Å². The Labute approximate surface area is 186 Å². The molecule has 3 aromatic rings. The van der Waals surface area contributed by atoms with E-state index in [2.05, 4.69) is 41.0 Å². The van der Waals surface area contributed by atoms with Crippen molar-refractivity contribution in [3.8, 4) is 27.8 Å². The van der Waals surface area contributed by atoms with Crippen LogP contribution in [0.25, 0.3) is 21.7 Å². The predicted molar refractivity (Wildman–Crippen MR) is 125 cm³/mol. The Morgan fingerprint density at radius 2 is 1.81 bits per heavy atom. The normalized spacial score (nSPS) is 15.6. The van der Waals surface area contributed by atoms with Crippen LogP contribution < -0.4 is 10.6 Å². The Balaban J connectivity index is 1.35. The number of carbonyl (C=O) groups is 1. The van der Waals surface area contributed by atoms with E-state index in [0.717, 1.165) is 39.7 Å². The maximum atomic E-state index is 12.3. The lowest BCUT2D eigenvalue weighted by atomic mass is 10.1. The number of anilines is 1. The molecule has 0 spiro atoms. The zero-order valence-electron chi connectivity index (χ0n) is 17.3. The van der Waals surface area contributed by atoms with E-state index in [4.69, 9.17) is 10.2 Å². The summed E-state index contributed by atoms with van der Waals surface area (Å²) in [6, 6.07) is 22.4. The first-order valence-corrected chi connectivity index (χ1v) is 11.3. The smallest absolute Gasteiger partial charge is 0.237 e. The molecule has 1 aliphatic heterocycles. The van der Waals surface area contributed by atoms with E-state index >= 15 is 0 Å². The largest absolute Gasteiger partial charge is 0.360 e. The van der Waals surface area contributed by atoms with Crippen molar-refractivity contribution in [1.82, 2.24) is 15.2 Å². The second-order valence-corrected chi connectivity index (χ2v) is 8.41. The second kappa shape index (κ2) is 10.2. The third kappa shape index (κ3) is 5.10. The minimum Gasteiger partial charge on any atom is -0.360 e. The van der Waals surface area contributed by atoms with Gasteiger partial charge in [0.15, 0.2) is 5.13 Å². The highest BCUT2D eigenvalue weighted by Crippen LogP contribution is 2.38. The van der Waals surface area contributed by atoms with Gasteiger partial charge in [-0.05, 0) is 18.4 Å².